The molecule has 0 heterocycles. The first kappa shape index (κ1) is 19.8. The van der Waals surface area contributed by atoms with E-state index in [-0.39, 0.29) is 6.61 Å². The van der Waals surface area contributed by atoms with Crippen LogP contribution in [0.3, 0.4) is 0 Å². The smallest absolute Gasteiger partial charge is 0.317 e. The zero-order chi connectivity index (χ0) is 15.1. The van der Waals surface area contributed by atoms with Crippen LogP contribution in [0.4, 0.5) is 0 Å². The third kappa shape index (κ3) is 17.8. The number of hydrogen-bond acceptors (Lipinski definition) is 4. The van der Waals surface area contributed by atoms with E-state index in [0.29, 0.717) is 6.42 Å². The monoisotopic (exact) mass is 309 g/mol. The molecule has 0 fully saturated rings. The van der Waals surface area contributed by atoms with E-state index in [1.807, 2.05) is 0 Å². The summed E-state index contributed by atoms with van der Waals surface area (Å²) in [6.07, 6.45) is 11.7. The van der Waals surface area contributed by atoms with E-state index >= 15 is 0 Å². The normalized spacial score (nSPS) is 11.9. The summed E-state index contributed by atoms with van der Waals surface area (Å²) in [7, 11) is -4.24. The lowest BCUT2D eigenvalue weighted by Crippen LogP contribution is -2.13. The van der Waals surface area contributed by atoms with Gasteiger partial charge in [0.25, 0.3) is 0 Å². The highest BCUT2D eigenvalue weighted by molar-refractivity contribution is 7.80. The van der Waals surface area contributed by atoms with E-state index < -0.39 is 10.4 Å². The van der Waals surface area contributed by atoms with Gasteiger partial charge in [-0.3, -0.25) is 4.55 Å². The summed E-state index contributed by atoms with van der Waals surface area (Å²) in [6.45, 7) is 4.43. The maximum absolute atomic E-state index is 10.3. The summed E-state index contributed by atoms with van der Waals surface area (Å²) in [5, 5.41) is 3.33. The van der Waals surface area contributed by atoms with Crippen LogP contribution in [0.25, 0.3) is 0 Å². The Morgan fingerprint density at radius 1 is 0.850 bits per heavy atom. The standard InChI is InChI=1S/C14H31NO4S/c1-2-15-13-11-9-7-5-3-4-6-8-10-12-14-19-20(16,17)18/h15H,2-14H2,1H3,(H,16,17,18). The Kier molecular flexibility index (Phi) is 13.7. The van der Waals surface area contributed by atoms with Crippen molar-refractivity contribution >= 4 is 10.4 Å². The molecule has 0 saturated carbocycles. The molecule has 0 aromatic heterocycles. The second kappa shape index (κ2) is 13.8. The first-order valence-electron chi connectivity index (χ1n) is 7.89. The minimum Gasteiger partial charge on any atom is -0.317 e. The molecular formula is C14H31NO4S. The first-order valence-corrected chi connectivity index (χ1v) is 9.25. The maximum Gasteiger partial charge on any atom is 0.397 e. The van der Waals surface area contributed by atoms with Gasteiger partial charge in [-0.2, -0.15) is 8.42 Å². The van der Waals surface area contributed by atoms with Crippen LogP contribution < -0.4 is 5.32 Å². The van der Waals surface area contributed by atoms with Gasteiger partial charge in [0.2, 0.25) is 0 Å². The lowest BCUT2D eigenvalue weighted by Gasteiger charge is -2.03. The molecule has 6 heteroatoms. The fourth-order valence-corrected chi connectivity index (χ4v) is 2.44. The zero-order valence-electron chi connectivity index (χ0n) is 12.8. The van der Waals surface area contributed by atoms with Crippen molar-refractivity contribution in [1.29, 1.82) is 0 Å². The second-order valence-electron chi connectivity index (χ2n) is 5.14. The molecule has 0 radical (unpaired) electrons. The van der Waals surface area contributed by atoms with Crippen LogP contribution in [-0.2, 0) is 14.6 Å². The zero-order valence-corrected chi connectivity index (χ0v) is 13.6. The van der Waals surface area contributed by atoms with Crippen LogP contribution in [0.15, 0.2) is 0 Å². The number of hydrogen-bond donors (Lipinski definition) is 2. The minimum atomic E-state index is -4.24. The highest BCUT2D eigenvalue weighted by Gasteiger charge is 2.02. The van der Waals surface area contributed by atoms with Gasteiger partial charge in [0.1, 0.15) is 0 Å². The molecule has 0 spiro atoms. The second-order valence-corrected chi connectivity index (χ2v) is 6.23. The van der Waals surface area contributed by atoms with E-state index in [0.717, 1.165) is 25.9 Å². The third-order valence-corrected chi connectivity index (χ3v) is 3.69. The maximum atomic E-state index is 10.3. The molecular weight excluding hydrogens is 278 g/mol. The molecule has 0 aliphatic rings. The molecule has 0 aliphatic carbocycles. The molecule has 0 atom stereocenters. The lowest BCUT2D eigenvalue weighted by molar-refractivity contribution is 0.261. The predicted molar refractivity (Wildman–Crippen MR) is 82.2 cm³/mol. The molecule has 0 aromatic rings. The van der Waals surface area contributed by atoms with Crippen molar-refractivity contribution in [2.24, 2.45) is 0 Å². The predicted octanol–water partition coefficient (Wildman–Crippen LogP) is 3.32. The van der Waals surface area contributed by atoms with Crippen molar-refractivity contribution in [3.63, 3.8) is 0 Å². The van der Waals surface area contributed by atoms with Crippen LogP contribution in [0.2, 0.25) is 0 Å². The molecule has 0 aliphatic heterocycles. The average Bonchev–Trinajstić information content (AvgIpc) is 2.38. The largest absolute Gasteiger partial charge is 0.397 e. The molecule has 5 nitrogen and oxygen atoms in total. The Hall–Kier alpha value is -0.170. The third-order valence-electron chi connectivity index (χ3n) is 3.23. The molecule has 2 N–H and O–H groups in total. The Balaban J connectivity index is 3.03. The fraction of sp³-hybridized carbons (Fsp3) is 1.00. The van der Waals surface area contributed by atoms with E-state index in [4.69, 9.17) is 4.55 Å². The minimum absolute atomic E-state index is 0.0879. The molecule has 20 heavy (non-hydrogen) atoms. The van der Waals surface area contributed by atoms with Crippen molar-refractivity contribution in [3.05, 3.63) is 0 Å². The lowest BCUT2D eigenvalue weighted by atomic mass is 10.1. The summed E-state index contributed by atoms with van der Waals surface area (Å²) in [5.74, 6) is 0. The van der Waals surface area contributed by atoms with Gasteiger partial charge in [0.15, 0.2) is 0 Å². The fourth-order valence-electron chi connectivity index (χ4n) is 2.11. The molecule has 0 unspecified atom stereocenters. The average molecular weight is 309 g/mol. The number of nitrogens with one attached hydrogen (secondary N) is 1. The van der Waals surface area contributed by atoms with Gasteiger partial charge >= 0.3 is 10.4 Å². The van der Waals surface area contributed by atoms with Gasteiger partial charge in [0, 0.05) is 0 Å². The summed E-state index contributed by atoms with van der Waals surface area (Å²) >= 11 is 0. The van der Waals surface area contributed by atoms with Crippen molar-refractivity contribution in [1.82, 2.24) is 5.32 Å². The Morgan fingerprint density at radius 3 is 1.75 bits per heavy atom. The van der Waals surface area contributed by atoms with Crippen molar-refractivity contribution < 1.29 is 17.2 Å². The van der Waals surface area contributed by atoms with Crippen LogP contribution in [0.5, 0.6) is 0 Å². The molecule has 0 aromatic carbocycles. The summed E-state index contributed by atoms with van der Waals surface area (Å²) in [4.78, 5) is 0. The highest BCUT2D eigenvalue weighted by atomic mass is 32.3. The SMILES string of the molecule is CCNCCCCCCCCCCCCOS(=O)(=O)O. The van der Waals surface area contributed by atoms with Gasteiger partial charge in [-0.05, 0) is 25.9 Å². The van der Waals surface area contributed by atoms with E-state index in [9.17, 15) is 8.42 Å². The van der Waals surface area contributed by atoms with Gasteiger partial charge in [0.05, 0.1) is 6.61 Å². The van der Waals surface area contributed by atoms with E-state index in [1.165, 1.54) is 44.9 Å². The molecule has 122 valence electrons. The van der Waals surface area contributed by atoms with Crippen LogP contribution in [0.1, 0.15) is 71.1 Å². The van der Waals surface area contributed by atoms with E-state index in [1.54, 1.807) is 0 Å². The highest BCUT2D eigenvalue weighted by Crippen LogP contribution is 2.10. The number of unbranched alkanes of at least 4 members (excludes halogenated alkanes) is 9. The number of rotatable bonds is 15. The molecule has 0 amide bonds. The van der Waals surface area contributed by atoms with E-state index in [2.05, 4.69) is 16.4 Å². The van der Waals surface area contributed by atoms with Gasteiger partial charge < -0.3 is 5.32 Å². The van der Waals surface area contributed by atoms with Crippen molar-refractivity contribution in [2.45, 2.75) is 71.1 Å². The van der Waals surface area contributed by atoms with Crippen molar-refractivity contribution in [3.8, 4) is 0 Å². The van der Waals surface area contributed by atoms with Gasteiger partial charge in [-0.1, -0.05) is 58.3 Å². The van der Waals surface area contributed by atoms with Crippen LogP contribution in [0, 0.1) is 0 Å². The quantitative estimate of drug-likeness (QED) is 0.358. The van der Waals surface area contributed by atoms with Gasteiger partial charge in [-0.25, -0.2) is 4.18 Å². The molecule has 0 rings (SSSR count). The first-order chi connectivity index (χ1) is 9.56. The van der Waals surface area contributed by atoms with Crippen molar-refractivity contribution in [2.75, 3.05) is 19.7 Å². The van der Waals surface area contributed by atoms with Gasteiger partial charge in [-0.15, -0.1) is 0 Å². The van der Waals surface area contributed by atoms with Crippen LogP contribution in [-0.4, -0.2) is 32.7 Å². The Morgan fingerprint density at radius 2 is 1.30 bits per heavy atom. The Labute approximate surface area is 124 Å². The van der Waals surface area contributed by atoms with Crippen LogP contribution >= 0.6 is 0 Å². The Bertz CT molecular complexity index is 294. The molecule has 0 bridgehead atoms. The topological polar surface area (TPSA) is 75.6 Å². The molecule has 0 saturated heterocycles. The summed E-state index contributed by atoms with van der Waals surface area (Å²) in [6, 6.07) is 0. The summed E-state index contributed by atoms with van der Waals surface area (Å²) < 4.78 is 33.2. The summed E-state index contributed by atoms with van der Waals surface area (Å²) in [5.41, 5.74) is 0.